The number of carbonyl (C=O) groups is 1. The largest absolute Gasteiger partial charge is 0.326 e. The number of H-pyrrole nitrogens is 1. The number of nitrogens with zero attached hydrogens (tertiary/aromatic N) is 3. The molecule has 1 aliphatic carbocycles. The van der Waals surface area contributed by atoms with Gasteiger partial charge in [-0.15, -0.1) is 10.2 Å². The predicted molar refractivity (Wildman–Crippen MR) is 78.2 cm³/mol. The summed E-state index contributed by atoms with van der Waals surface area (Å²) in [6, 6.07) is 7.36. The molecule has 110 valence electrons. The SMILES string of the molecule is NC1(CC(=O)Nc2cccc(-c3nn[nH]n3)c2)CCCC1. The molecular formula is C14H18N6O. The first kappa shape index (κ1) is 13.7. The number of hydrogen-bond donors (Lipinski definition) is 3. The van der Waals surface area contributed by atoms with E-state index in [4.69, 9.17) is 5.73 Å². The smallest absolute Gasteiger partial charge is 0.226 e. The van der Waals surface area contributed by atoms with E-state index in [9.17, 15) is 4.79 Å². The van der Waals surface area contributed by atoms with Gasteiger partial charge >= 0.3 is 0 Å². The molecular weight excluding hydrogens is 268 g/mol. The molecule has 0 bridgehead atoms. The Morgan fingerprint density at radius 2 is 2.19 bits per heavy atom. The van der Waals surface area contributed by atoms with Crippen LogP contribution < -0.4 is 11.1 Å². The molecule has 1 saturated carbocycles. The Kier molecular flexibility index (Phi) is 3.66. The third-order valence-corrected chi connectivity index (χ3v) is 3.86. The van der Waals surface area contributed by atoms with Crippen LogP contribution >= 0.6 is 0 Å². The third-order valence-electron chi connectivity index (χ3n) is 3.86. The Morgan fingerprint density at radius 1 is 1.38 bits per heavy atom. The van der Waals surface area contributed by atoms with Crippen LogP contribution in [0, 0.1) is 0 Å². The highest BCUT2D eigenvalue weighted by Crippen LogP contribution is 2.30. The summed E-state index contributed by atoms with van der Waals surface area (Å²) in [4.78, 5) is 12.1. The molecule has 1 amide bonds. The maximum Gasteiger partial charge on any atom is 0.226 e. The molecule has 0 atom stereocenters. The molecule has 21 heavy (non-hydrogen) atoms. The van der Waals surface area contributed by atoms with Crippen molar-refractivity contribution in [2.24, 2.45) is 5.73 Å². The van der Waals surface area contributed by atoms with Crippen molar-refractivity contribution in [2.75, 3.05) is 5.32 Å². The van der Waals surface area contributed by atoms with Crippen LogP contribution in [0.5, 0.6) is 0 Å². The van der Waals surface area contributed by atoms with E-state index in [0.29, 0.717) is 17.9 Å². The van der Waals surface area contributed by atoms with Gasteiger partial charge in [0.05, 0.1) is 0 Å². The van der Waals surface area contributed by atoms with Crippen molar-refractivity contribution in [1.82, 2.24) is 20.6 Å². The molecule has 0 spiro atoms. The van der Waals surface area contributed by atoms with Crippen molar-refractivity contribution < 1.29 is 4.79 Å². The number of carbonyl (C=O) groups excluding carboxylic acids is 1. The summed E-state index contributed by atoms with van der Waals surface area (Å²) < 4.78 is 0. The summed E-state index contributed by atoms with van der Waals surface area (Å²) in [5.41, 5.74) is 7.40. The highest BCUT2D eigenvalue weighted by Gasteiger charge is 2.31. The van der Waals surface area contributed by atoms with Gasteiger partial charge in [-0.05, 0) is 30.2 Å². The molecule has 1 aromatic heterocycles. The molecule has 1 aliphatic rings. The number of rotatable bonds is 4. The van der Waals surface area contributed by atoms with Gasteiger partial charge in [-0.3, -0.25) is 4.79 Å². The Hall–Kier alpha value is -2.28. The molecule has 0 saturated heterocycles. The first-order valence-electron chi connectivity index (χ1n) is 7.07. The zero-order valence-corrected chi connectivity index (χ0v) is 11.7. The second-order valence-corrected chi connectivity index (χ2v) is 5.61. The van der Waals surface area contributed by atoms with Crippen LogP contribution in [-0.4, -0.2) is 32.1 Å². The second kappa shape index (κ2) is 5.61. The van der Waals surface area contributed by atoms with Crippen molar-refractivity contribution >= 4 is 11.6 Å². The number of aromatic nitrogens is 4. The van der Waals surface area contributed by atoms with Gasteiger partial charge in [0.15, 0.2) is 0 Å². The fraction of sp³-hybridized carbons (Fsp3) is 0.429. The van der Waals surface area contributed by atoms with E-state index in [0.717, 1.165) is 31.2 Å². The minimum Gasteiger partial charge on any atom is -0.326 e. The lowest BCUT2D eigenvalue weighted by molar-refractivity contribution is -0.117. The Bertz CT molecular complexity index is 618. The van der Waals surface area contributed by atoms with Crippen molar-refractivity contribution in [3.63, 3.8) is 0 Å². The highest BCUT2D eigenvalue weighted by atomic mass is 16.1. The van der Waals surface area contributed by atoms with Crippen LogP contribution in [0.1, 0.15) is 32.1 Å². The van der Waals surface area contributed by atoms with Crippen LogP contribution in [-0.2, 0) is 4.79 Å². The van der Waals surface area contributed by atoms with Gasteiger partial charge in [0.2, 0.25) is 11.7 Å². The Labute approximate surface area is 122 Å². The summed E-state index contributed by atoms with van der Waals surface area (Å²) in [5.74, 6) is 0.446. The number of nitrogens with one attached hydrogen (secondary N) is 2. The quantitative estimate of drug-likeness (QED) is 0.788. The molecule has 0 unspecified atom stereocenters. The zero-order valence-electron chi connectivity index (χ0n) is 11.7. The fourth-order valence-corrected chi connectivity index (χ4v) is 2.80. The zero-order chi connectivity index (χ0) is 14.7. The van der Waals surface area contributed by atoms with Crippen molar-refractivity contribution in [3.05, 3.63) is 24.3 Å². The van der Waals surface area contributed by atoms with Crippen molar-refractivity contribution in [1.29, 1.82) is 0 Å². The summed E-state index contributed by atoms with van der Waals surface area (Å²) in [5, 5.41) is 16.7. The monoisotopic (exact) mass is 286 g/mol. The van der Waals surface area contributed by atoms with Crippen LogP contribution in [0.2, 0.25) is 0 Å². The summed E-state index contributed by atoms with van der Waals surface area (Å²) in [6.07, 6.45) is 4.42. The molecule has 2 aromatic rings. The van der Waals surface area contributed by atoms with E-state index in [1.807, 2.05) is 24.3 Å². The predicted octanol–water partition coefficient (Wildman–Crippen LogP) is 1.47. The minimum absolute atomic E-state index is 0.0512. The average Bonchev–Trinajstić information content (AvgIpc) is 3.10. The van der Waals surface area contributed by atoms with E-state index < -0.39 is 0 Å². The lowest BCUT2D eigenvalue weighted by Gasteiger charge is -2.22. The van der Waals surface area contributed by atoms with Crippen molar-refractivity contribution in [3.8, 4) is 11.4 Å². The molecule has 3 rings (SSSR count). The Balaban J connectivity index is 1.67. The summed E-state index contributed by atoms with van der Waals surface area (Å²) in [6.45, 7) is 0. The number of hydrogen-bond acceptors (Lipinski definition) is 5. The van der Waals surface area contributed by atoms with E-state index in [1.165, 1.54) is 0 Å². The molecule has 0 aliphatic heterocycles. The van der Waals surface area contributed by atoms with E-state index in [-0.39, 0.29) is 11.4 Å². The van der Waals surface area contributed by atoms with Gasteiger partial charge in [-0.25, -0.2) is 0 Å². The third kappa shape index (κ3) is 3.25. The van der Waals surface area contributed by atoms with Crippen molar-refractivity contribution in [2.45, 2.75) is 37.6 Å². The first-order valence-corrected chi connectivity index (χ1v) is 7.07. The molecule has 4 N–H and O–H groups in total. The van der Waals surface area contributed by atoms with Crippen LogP contribution in [0.3, 0.4) is 0 Å². The van der Waals surface area contributed by atoms with E-state index in [1.54, 1.807) is 0 Å². The van der Waals surface area contributed by atoms with Gasteiger partial charge in [-0.1, -0.05) is 25.0 Å². The Morgan fingerprint density at radius 3 is 2.90 bits per heavy atom. The van der Waals surface area contributed by atoms with E-state index >= 15 is 0 Å². The highest BCUT2D eigenvalue weighted by molar-refractivity contribution is 5.92. The van der Waals surface area contributed by atoms with Gasteiger partial charge in [-0.2, -0.15) is 5.21 Å². The maximum atomic E-state index is 12.1. The maximum absolute atomic E-state index is 12.1. The topological polar surface area (TPSA) is 110 Å². The number of anilines is 1. The fourth-order valence-electron chi connectivity index (χ4n) is 2.80. The number of benzene rings is 1. The number of nitrogens with two attached hydrogens (primary N) is 1. The second-order valence-electron chi connectivity index (χ2n) is 5.61. The first-order chi connectivity index (χ1) is 10.1. The molecule has 1 fully saturated rings. The normalized spacial score (nSPS) is 16.8. The van der Waals surface area contributed by atoms with Gasteiger partial charge in [0, 0.05) is 23.2 Å². The number of aromatic amines is 1. The number of tetrazole rings is 1. The minimum atomic E-state index is -0.338. The lowest BCUT2D eigenvalue weighted by atomic mass is 9.94. The van der Waals surface area contributed by atoms with Crippen LogP contribution in [0.4, 0.5) is 5.69 Å². The summed E-state index contributed by atoms with van der Waals surface area (Å²) in [7, 11) is 0. The molecule has 0 radical (unpaired) electrons. The molecule has 1 aromatic carbocycles. The summed E-state index contributed by atoms with van der Waals surface area (Å²) >= 11 is 0. The van der Waals surface area contributed by atoms with Crippen LogP contribution in [0.15, 0.2) is 24.3 Å². The van der Waals surface area contributed by atoms with Gasteiger partial charge in [0.1, 0.15) is 0 Å². The lowest BCUT2D eigenvalue weighted by Crippen LogP contribution is -2.40. The van der Waals surface area contributed by atoms with Gasteiger partial charge < -0.3 is 11.1 Å². The molecule has 1 heterocycles. The molecule has 7 nitrogen and oxygen atoms in total. The standard InChI is InChI=1S/C14H18N6O/c15-14(6-1-2-7-14)9-12(21)16-11-5-3-4-10(8-11)13-17-19-20-18-13/h3-5,8H,1-2,6-7,9,15H2,(H,16,21)(H,17,18,19,20). The number of amides is 1. The van der Waals surface area contributed by atoms with Gasteiger partial charge in [0.25, 0.3) is 0 Å². The van der Waals surface area contributed by atoms with Crippen LogP contribution in [0.25, 0.3) is 11.4 Å². The molecule has 7 heteroatoms. The van der Waals surface area contributed by atoms with E-state index in [2.05, 4.69) is 25.9 Å². The average molecular weight is 286 g/mol.